The van der Waals surface area contributed by atoms with Crippen LogP contribution in [0.15, 0.2) is 36.4 Å². The van der Waals surface area contributed by atoms with Crippen molar-refractivity contribution in [1.82, 2.24) is 0 Å². The van der Waals surface area contributed by atoms with E-state index in [0.29, 0.717) is 25.8 Å². The highest BCUT2D eigenvalue weighted by Crippen LogP contribution is 2.34. The van der Waals surface area contributed by atoms with E-state index >= 15 is 0 Å². The Hall–Kier alpha value is -1.000. The molecule has 2 nitrogen and oxygen atoms in total. The second kappa shape index (κ2) is 6.64. The molecule has 0 aliphatic carbocycles. The topological polar surface area (TPSA) is 35.2 Å². The number of halogens is 3. The first-order valence-electron chi connectivity index (χ1n) is 5.64. The predicted molar refractivity (Wildman–Crippen MR) is 88.1 cm³/mol. The van der Waals surface area contributed by atoms with Crippen LogP contribution in [-0.4, -0.2) is 4.99 Å². The summed E-state index contributed by atoms with van der Waals surface area (Å²) in [6.07, 6.45) is 0. The van der Waals surface area contributed by atoms with Crippen LogP contribution in [0.25, 0.3) is 0 Å². The number of ether oxygens (including phenoxy) is 1. The molecule has 2 aromatic rings. The fraction of sp³-hybridized carbons (Fsp3) is 0.0714. The van der Waals surface area contributed by atoms with Gasteiger partial charge in [-0.2, -0.15) is 0 Å². The fourth-order valence-corrected chi connectivity index (χ4v) is 2.45. The summed E-state index contributed by atoms with van der Waals surface area (Å²) in [6.45, 7) is 0.283. The lowest BCUT2D eigenvalue weighted by Crippen LogP contribution is -2.13. The molecule has 0 spiro atoms. The summed E-state index contributed by atoms with van der Waals surface area (Å²) in [5, 5.41) is 1.16. The molecule has 0 aromatic heterocycles. The van der Waals surface area contributed by atoms with Gasteiger partial charge in [-0.1, -0.05) is 71.3 Å². The highest BCUT2D eigenvalue weighted by Gasteiger charge is 2.09. The molecule has 0 bridgehead atoms. The molecule has 0 saturated heterocycles. The predicted octanol–water partition coefficient (Wildman–Crippen LogP) is 4.86. The first-order valence-corrected chi connectivity index (χ1v) is 7.18. The van der Waals surface area contributed by atoms with Crippen LogP contribution in [0, 0.1) is 0 Å². The highest BCUT2D eigenvalue weighted by molar-refractivity contribution is 7.80. The van der Waals surface area contributed by atoms with Gasteiger partial charge >= 0.3 is 0 Å². The van der Waals surface area contributed by atoms with Crippen LogP contribution < -0.4 is 10.5 Å². The van der Waals surface area contributed by atoms with Crippen LogP contribution in [0.5, 0.6) is 5.75 Å². The van der Waals surface area contributed by atoms with E-state index in [1.54, 1.807) is 12.1 Å². The van der Waals surface area contributed by atoms with Gasteiger partial charge < -0.3 is 10.5 Å². The van der Waals surface area contributed by atoms with Crippen molar-refractivity contribution in [1.29, 1.82) is 0 Å². The number of nitrogens with two attached hydrogens (primary N) is 1. The van der Waals surface area contributed by atoms with Gasteiger partial charge in [-0.05, 0) is 11.6 Å². The molecule has 6 heteroatoms. The van der Waals surface area contributed by atoms with Crippen molar-refractivity contribution in [2.45, 2.75) is 6.61 Å². The van der Waals surface area contributed by atoms with E-state index < -0.39 is 0 Å². The normalized spacial score (nSPS) is 10.3. The highest BCUT2D eigenvalue weighted by atomic mass is 35.5. The van der Waals surface area contributed by atoms with Gasteiger partial charge in [-0.25, -0.2) is 0 Å². The van der Waals surface area contributed by atoms with Gasteiger partial charge in [-0.15, -0.1) is 0 Å². The molecule has 2 rings (SSSR count). The Balaban J connectivity index is 2.21. The quantitative estimate of drug-likeness (QED) is 0.634. The average molecular weight is 347 g/mol. The summed E-state index contributed by atoms with van der Waals surface area (Å²) in [5.41, 5.74) is 7.32. The maximum Gasteiger partial charge on any atom is 0.139 e. The van der Waals surface area contributed by atoms with Crippen LogP contribution >= 0.6 is 47.0 Å². The zero-order valence-electron chi connectivity index (χ0n) is 10.2. The molecule has 0 atom stereocenters. The van der Waals surface area contributed by atoms with Crippen LogP contribution in [0.3, 0.4) is 0 Å². The van der Waals surface area contributed by atoms with Gasteiger partial charge in [0.25, 0.3) is 0 Å². The Bertz CT molecular complexity index is 661. The van der Waals surface area contributed by atoms with Crippen molar-refractivity contribution in [3.8, 4) is 5.75 Å². The minimum Gasteiger partial charge on any atom is -0.487 e. The number of hydrogen-bond donors (Lipinski definition) is 1. The SMILES string of the molecule is NC(=S)c1ccccc1COc1cc(Cl)c(Cl)cc1Cl. The summed E-state index contributed by atoms with van der Waals surface area (Å²) < 4.78 is 5.66. The summed E-state index contributed by atoms with van der Waals surface area (Å²) >= 11 is 22.9. The molecule has 0 amide bonds. The molecular weight excluding hydrogens is 337 g/mol. The zero-order chi connectivity index (χ0) is 14.7. The van der Waals surface area contributed by atoms with Gasteiger partial charge in [0.05, 0.1) is 15.1 Å². The number of thiocarbonyl (C=S) groups is 1. The molecule has 20 heavy (non-hydrogen) atoms. The minimum absolute atomic E-state index is 0.283. The van der Waals surface area contributed by atoms with Gasteiger partial charge in [0, 0.05) is 11.6 Å². The summed E-state index contributed by atoms with van der Waals surface area (Å²) in [7, 11) is 0. The number of hydrogen-bond acceptors (Lipinski definition) is 2. The van der Waals surface area contributed by atoms with Crippen LogP contribution in [0.4, 0.5) is 0 Å². The van der Waals surface area contributed by atoms with E-state index in [-0.39, 0.29) is 6.61 Å². The lowest BCUT2D eigenvalue weighted by atomic mass is 10.1. The summed E-state index contributed by atoms with van der Waals surface area (Å²) in [4.78, 5) is 0.324. The maximum atomic E-state index is 6.05. The van der Waals surface area contributed by atoms with Gasteiger partial charge in [0.1, 0.15) is 17.3 Å². The van der Waals surface area contributed by atoms with Crippen LogP contribution in [0.2, 0.25) is 15.1 Å². The van der Waals surface area contributed by atoms with E-state index in [4.69, 9.17) is 57.5 Å². The zero-order valence-corrected chi connectivity index (χ0v) is 13.3. The van der Waals surface area contributed by atoms with Crippen LogP contribution in [0.1, 0.15) is 11.1 Å². The Morgan fingerprint density at radius 1 is 1.05 bits per heavy atom. The van der Waals surface area contributed by atoms with Crippen molar-refractivity contribution in [2.75, 3.05) is 0 Å². The molecule has 0 aliphatic heterocycles. The second-order valence-corrected chi connectivity index (χ2v) is 5.67. The van der Waals surface area contributed by atoms with E-state index in [9.17, 15) is 0 Å². The molecule has 0 aliphatic rings. The molecule has 0 fully saturated rings. The van der Waals surface area contributed by atoms with E-state index in [1.807, 2.05) is 24.3 Å². The molecule has 0 heterocycles. The second-order valence-electron chi connectivity index (χ2n) is 4.01. The van der Waals surface area contributed by atoms with Crippen molar-refractivity contribution >= 4 is 52.0 Å². The molecule has 0 saturated carbocycles. The Morgan fingerprint density at radius 2 is 1.70 bits per heavy atom. The molecule has 104 valence electrons. The lowest BCUT2D eigenvalue weighted by molar-refractivity contribution is 0.306. The van der Waals surface area contributed by atoms with Gasteiger partial charge in [-0.3, -0.25) is 0 Å². The van der Waals surface area contributed by atoms with Gasteiger partial charge in [0.15, 0.2) is 0 Å². The maximum absolute atomic E-state index is 6.05. The smallest absolute Gasteiger partial charge is 0.139 e. The van der Waals surface area contributed by atoms with E-state index in [0.717, 1.165) is 11.1 Å². The molecule has 2 N–H and O–H groups in total. The lowest BCUT2D eigenvalue weighted by Gasteiger charge is -2.12. The Kier molecular flexibility index (Phi) is 5.11. The van der Waals surface area contributed by atoms with Gasteiger partial charge in [0.2, 0.25) is 0 Å². The monoisotopic (exact) mass is 345 g/mol. The third kappa shape index (κ3) is 3.55. The van der Waals surface area contributed by atoms with E-state index in [1.165, 1.54) is 0 Å². The average Bonchev–Trinajstić information content (AvgIpc) is 2.41. The van der Waals surface area contributed by atoms with Crippen LogP contribution in [-0.2, 0) is 6.61 Å². The summed E-state index contributed by atoms with van der Waals surface area (Å²) in [6, 6.07) is 10.6. The van der Waals surface area contributed by atoms with Crippen molar-refractivity contribution < 1.29 is 4.74 Å². The van der Waals surface area contributed by atoms with E-state index in [2.05, 4.69) is 0 Å². The number of benzene rings is 2. The molecular formula is C14H10Cl3NOS. The first kappa shape index (κ1) is 15.4. The third-order valence-electron chi connectivity index (χ3n) is 2.64. The molecule has 0 unspecified atom stereocenters. The van der Waals surface area contributed by atoms with Crippen molar-refractivity contribution in [2.24, 2.45) is 5.73 Å². The Morgan fingerprint density at radius 3 is 2.40 bits per heavy atom. The Labute approximate surface area is 137 Å². The standard InChI is InChI=1S/C14H10Cl3NOS/c15-10-5-12(17)13(6-11(10)16)19-7-8-3-1-2-4-9(8)14(18)20/h1-6H,7H2,(H2,18,20). The third-order valence-corrected chi connectivity index (χ3v) is 3.88. The largest absolute Gasteiger partial charge is 0.487 e. The minimum atomic E-state index is 0.283. The first-order chi connectivity index (χ1) is 9.49. The molecule has 0 radical (unpaired) electrons. The molecule has 2 aromatic carbocycles. The number of rotatable bonds is 4. The fourth-order valence-electron chi connectivity index (χ4n) is 1.66. The van der Waals surface area contributed by atoms with Crippen molar-refractivity contribution in [3.63, 3.8) is 0 Å². The summed E-state index contributed by atoms with van der Waals surface area (Å²) in [5.74, 6) is 0.457. The van der Waals surface area contributed by atoms with Crippen molar-refractivity contribution in [3.05, 3.63) is 62.6 Å².